The lowest BCUT2D eigenvalue weighted by molar-refractivity contribution is -0.384. The molecule has 0 amide bonds. The van der Waals surface area contributed by atoms with E-state index in [1.54, 1.807) is 12.1 Å². The maximum absolute atomic E-state index is 11.7. The van der Waals surface area contributed by atoms with E-state index in [0.29, 0.717) is 18.5 Å². The number of sulfone groups is 1. The van der Waals surface area contributed by atoms with Gasteiger partial charge in [-0.1, -0.05) is 6.07 Å². The zero-order chi connectivity index (χ0) is 14.0. The lowest BCUT2D eigenvalue weighted by atomic mass is 10.2. The van der Waals surface area contributed by atoms with Gasteiger partial charge in [0.1, 0.15) is 5.69 Å². The predicted octanol–water partition coefficient (Wildman–Crippen LogP) is 1.89. The fraction of sp³-hybridized carbons (Fsp3) is 0.500. The number of hydrogen-bond donors (Lipinski definition) is 1. The fourth-order valence-electron chi connectivity index (χ4n) is 2.26. The topological polar surface area (TPSA) is 89.3 Å². The molecule has 1 aromatic rings. The molecule has 0 saturated carbocycles. The van der Waals surface area contributed by atoms with Gasteiger partial charge in [-0.2, -0.15) is 0 Å². The van der Waals surface area contributed by atoms with Crippen molar-refractivity contribution in [3.8, 4) is 0 Å². The Bertz CT molecular complexity index is 598. The van der Waals surface area contributed by atoms with Crippen LogP contribution in [0.3, 0.4) is 0 Å². The third-order valence-corrected chi connectivity index (χ3v) is 5.61. The minimum Gasteiger partial charge on any atom is -0.378 e. The molecule has 7 heteroatoms. The van der Waals surface area contributed by atoms with E-state index in [2.05, 4.69) is 5.32 Å². The van der Waals surface area contributed by atoms with Crippen molar-refractivity contribution in [2.75, 3.05) is 17.6 Å². The maximum atomic E-state index is 11.7. The molecule has 1 aliphatic rings. The summed E-state index contributed by atoms with van der Waals surface area (Å²) in [6.45, 7) is 2.06. The molecular formula is C12H16N2O4S. The smallest absolute Gasteiger partial charge is 0.292 e. The number of nitrogens with one attached hydrogen (secondary N) is 1. The van der Waals surface area contributed by atoms with Crippen molar-refractivity contribution < 1.29 is 13.3 Å². The molecule has 1 fully saturated rings. The minimum absolute atomic E-state index is 0.0269. The highest BCUT2D eigenvalue weighted by Gasteiger charge is 2.31. The van der Waals surface area contributed by atoms with Crippen LogP contribution in [0.4, 0.5) is 11.4 Å². The summed E-state index contributed by atoms with van der Waals surface area (Å²) in [7, 11) is -3.03. The molecule has 1 aromatic carbocycles. The van der Waals surface area contributed by atoms with Gasteiger partial charge in [0.2, 0.25) is 0 Å². The molecule has 6 nitrogen and oxygen atoms in total. The normalized spacial score (nSPS) is 21.2. The molecule has 0 spiro atoms. The molecule has 19 heavy (non-hydrogen) atoms. The lowest BCUT2D eigenvalue weighted by Gasteiger charge is -2.12. The van der Waals surface area contributed by atoms with E-state index in [1.807, 2.05) is 6.92 Å². The number of benzene rings is 1. The minimum atomic E-state index is -3.03. The summed E-state index contributed by atoms with van der Waals surface area (Å²) in [5.41, 5.74) is 1.25. The van der Waals surface area contributed by atoms with Crippen molar-refractivity contribution in [3.63, 3.8) is 0 Å². The highest BCUT2D eigenvalue weighted by molar-refractivity contribution is 7.92. The summed E-state index contributed by atoms with van der Waals surface area (Å²) in [4.78, 5) is 10.4. The van der Waals surface area contributed by atoms with Crippen LogP contribution in [0.15, 0.2) is 18.2 Å². The van der Waals surface area contributed by atoms with Gasteiger partial charge >= 0.3 is 0 Å². The lowest BCUT2D eigenvalue weighted by Crippen LogP contribution is -2.25. The second-order valence-corrected chi connectivity index (χ2v) is 7.19. The third kappa shape index (κ3) is 3.04. The van der Waals surface area contributed by atoms with E-state index in [1.165, 1.54) is 6.07 Å². The van der Waals surface area contributed by atoms with Crippen LogP contribution >= 0.6 is 0 Å². The summed E-state index contributed by atoms with van der Waals surface area (Å²) in [5.74, 6) is 0.218. The van der Waals surface area contributed by atoms with Crippen LogP contribution < -0.4 is 5.32 Å². The van der Waals surface area contributed by atoms with Gasteiger partial charge in [0.25, 0.3) is 5.69 Å². The summed E-state index contributed by atoms with van der Waals surface area (Å²) >= 11 is 0. The Morgan fingerprint density at radius 2 is 2.21 bits per heavy atom. The Morgan fingerprint density at radius 1 is 1.47 bits per heavy atom. The van der Waals surface area contributed by atoms with Gasteiger partial charge in [0.15, 0.2) is 9.84 Å². The molecule has 1 N–H and O–H groups in total. The van der Waals surface area contributed by atoms with Crippen molar-refractivity contribution in [1.29, 1.82) is 0 Å². The van der Waals surface area contributed by atoms with Gasteiger partial charge in [-0.3, -0.25) is 10.1 Å². The van der Waals surface area contributed by atoms with Crippen LogP contribution in [0.2, 0.25) is 0 Å². The highest BCUT2D eigenvalue weighted by Crippen LogP contribution is 2.27. The Hall–Kier alpha value is -1.63. The Kier molecular flexibility index (Phi) is 3.75. The van der Waals surface area contributed by atoms with E-state index in [4.69, 9.17) is 0 Å². The molecule has 2 rings (SSSR count). The van der Waals surface area contributed by atoms with Crippen molar-refractivity contribution in [2.24, 2.45) is 0 Å². The summed E-state index contributed by atoms with van der Waals surface area (Å²) in [5, 5.41) is 13.4. The summed E-state index contributed by atoms with van der Waals surface area (Å²) in [6.07, 6.45) is 1.29. The molecule has 1 atom stereocenters. The molecule has 1 unspecified atom stereocenters. The number of nitro groups is 1. The van der Waals surface area contributed by atoms with E-state index < -0.39 is 20.0 Å². The van der Waals surface area contributed by atoms with E-state index in [0.717, 1.165) is 5.56 Å². The standard InChI is InChI=1S/C12H16N2O4S/c1-9-4-5-12(14(15)16)11(7-9)13-8-10-3-2-6-19(10,17)18/h4-5,7,10,13H,2-3,6,8H2,1H3. The van der Waals surface area contributed by atoms with Crippen LogP contribution in [0.25, 0.3) is 0 Å². The quantitative estimate of drug-likeness (QED) is 0.673. The monoisotopic (exact) mass is 284 g/mol. The number of anilines is 1. The molecule has 104 valence electrons. The van der Waals surface area contributed by atoms with Crippen molar-refractivity contribution in [2.45, 2.75) is 25.0 Å². The van der Waals surface area contributed by atoms with Crippen LogP contribution in [-0.2, 0) is 9.84 Å². The number of nitrogens with zero attached hydrogens (tertiary/aromatic N) is 1. The van der Waals surface area contributed by atoms with Crippen LogP contribution in [0.5, 0.6) is 0 Å². The molecule has 0 bridgehead atoms. The molecular weight excluding hydrogens is 268 g/mol. The predicted molar refractivity (Wildman–Crippen MR) is 73.1 cm³/mol. The maximum Gasteiger partial charge on any atom is 0.292 e. The molecule has 1 heterocycles. The largest absolute Gasteiger partial charge is 0.378 e. The van der Waals surface area contributed by atoms with Crippen molar-refractivity contribution in [3.05, 3.63) is 33.9 Å². The Labute approximate surface area is 111 Å². The Balaban J connectivity index is 2.15. The average molecular weight is 284 g/mol. The molecule has 0 aliphatic carbocycles. The van der Waals surface area contributed by atoms with Gasteiger partial charge in [-0.15, -0.1) is 0 Å². The second-order valence-electron chi connectivity index (χ2n) is 4.79. The van der Waals surface area contributed by atoms with Crippen molar-refractivity contribution in [1.82, 2.24) is 0 Å². The fourth-order valence-corrected chi connectivity index (χ4v) is 4.03. The average Bonchev–Trinajstić information content (AvgIpc) is 2.65. The Morgan fingerprint density at radius 3 is 2.79 bits per heavy atom. The second kappa shape index (κ2) is 5.16. The first kappa shape index (κ1) is 13.8. The van der Waals surface area contributed by atoms with Gasteiger partial charge in [-0.25, -0.2) is 8.42 Å². The van der Waals surface area contributed by atoms with Gasteiger partial charge in [0, 0.05) is 12.6 Å². The van der Waals surface area contributed by atoms with Crippen LogP contribution in [0.1, 0.15) is 18.4 Å². The van der Waals surface area contributed by atoms with Crippen molar-refractivity contribution >= 4 is 21.2 Å². The number of aryl methyl sites for hydroxylation is 1. The molecule has 0 radical (unpaired) electrons. The number of hydrogen-bond acceptors (Lipinski definition) is 5. The molecule has 1 saturated heterocycles. The van der Waals surface area contributed by atoms with Gasteiger partial charge in [0.05, 0.1) is 15.9 Å². The van der Waals surface area contributed by atoms with Gasteiger partial charge in [-0.05, 0) is 31.4 Å². The zero-order valence-corrected chi connectivity index (χ0v) is 11.4. The van der Waals surface area contributed by atoms with Crippen LogP contribution in [-0.4, -0.2) is 30.9 Å². The first-order chi connectivity index (χ1) is 8.90. The van der Waals surface area contributed by atoms with E-state index >= 15 is 0 Å². The first-order valence-corrected chi connectivity index (χ1v) is 7.82. The third-order valence-electron chi connectivity index (χ3n) is 3.33. The summed E-state index contributed by atoms with van der Waals surface area (Å²) in [6, 6.07) is 4.76. The SMILES string of the molecule is Cc1ccc([N+](=O)[O-])c(NCC2CCCS2(=O)=O)c1. The molecule has 1 aliphatic heterocycles. The molecule has 0 aromatic heterocycles. The van der Waals surface area contributed by atoms with Gasteiger partial charge < -0.3 is 5.32 Å². The van der Waals surface area contributed by atoms with E-state index in [-0.39, 0.29) is 18.0 Å². The first-order valence-electron chi connectivity index (χ1n) is 6.10. The number of rotatable bonds is 4. The highest BCUT2D eigenvalue weighted by atomic mass is 32.2. The van der Waals surface area contributed by atoms with E-state index in [9.17, 15) is 18.5 Å². The van der Waals surface area contributed by atoms with Crippen LogP contribution in [0, 0.1) is 17.0 Å². The summed E-state index contributed by atoms with van der Waals surface area (Å²) < 4.78 is 23.4. The zero-order valence-electron chi connectivity index (χ0n) is 10.6. The number of nitro benzene ring substituents is 1.